The van der Waals surface area contributed by atoms with E-state index in [0.717, 1.165) is 23.4 Å². The fourth-order valence-electron chi connectivity index (χ4n) is 1.88. The standard InChI is InChI=1S/C10H10BrN5/c11-8-3-1-7(2-4-8)9-5-6-16-10(12-9)13-14-15-16/h1-4,9H,5-6H2,(H,12,13,15). The van der Waals surface area contributed by atoms with Crippen molar-refractivity contribution in [3.8, 4) is 0 Å². The number of tetrazole rings is 1. The fraction of sp³-hybridized carbons (Fsp3) is 0.300. The van der Waals surface area contributed by atoms with Crippen LogP contribution in [0.25, 0.3) is 0 Å². The van der Waals surface area contributed by atoms with Crippen molar-refractivity contribution in [2.75, 3.05) is 5.32 Å². The van der Waals surface area contributed by atoms with E-state index < -0.39 is 0 Å². The molecule has 0 aliphatic carbocycles. The number of fused-ring (bicyclic) bond motifs is 1. The molecule has 1 N–H and O–H groups in total. The lowest BCUT2D eigenvalue weighted by molar-refractivity contribution is 0.493. The second kappa shape index (κ2) is 3.86. The summed E-state index contributed by atoms with van der Waals surface area (Å²) in [5.41, 5.74) is 1.26. The van der Waals surface area contributed by atoms with Gasteiger partial charge in [-0.25, -0.2) is 4.68 Å². The van der Waals surface area contributed by atoms with Crippen molar-refractivity contribution in [1.82, 2.24) is 20.2 Å². The zero-order chi connectivity index (χ0) is 11.0. The van der Waals surface area contributed by atoms with Crippen molar-refractivity contribution < 1.29 is 0 Å². The van der Waals surface area contributed by atoms with E-state index in [1.165, 1.54) is 5.56 Å². The Morgan fingerprint density at radius 2 is 2.12 bits per heavy atom. The maximum Gasteiger partial charge on any atom is 0.243 e. The van der Waals surface area contributed by atoms with Crippen LogP contribution in [0.3, 0.4) is 0 Å². The van der Waals surface area contributed by atoms with Gasteiger partial charge in [0.25, 0.3) is 0 Å². The Hall–Kier alpha value is -1.43. The van der Waals surface area contributed by atoms with E-state index in [0.29, 0.717) is 6.04 Å². The number of hydrogen-bond acceptors (Lipinski definition) is 4. The molecule has 16 heavy (non-hydrogen) atoms. The molecule has 1 aromatic carbocycles. The van der Waals surface area contributed by atoms with Gasteiger partial charge in [-0.05, 0) is 34.5 Å². The van der Waals surface area contributed by atoms with E-state index in [-0.39, 0.29) is 0 Å². The molecule has 0 fully saturated rings. The highest BCUT2D eigenvalue weighted by atomic mass is 79.9. The molecule has 0 saturated heterocycles. The molecule has 2 aromatic rings. The molecule has 82 valence electrons. The van der Waals surface area contributed by atoms with Gasteiger partial charge in [0.1, 0.15) is 0 Å². The molecule has 2 heterocycles. The molecule has 1 unspecified atom stereocenters. The number of halogens is 1. The summed E-state index contributed by atoms with van der Waals surface area (Å²) >= 11 is 3.43. The summed E-state index contributed by atoms with van der Waals surface area (Å²) in [4.78, 5) is 0. The molecule has 0 bridgehead atoms. The summed E-state index contributed by atoms with van der Waals surface area (Å²) < 4.78 is 2.88. The molecule has 0 radical (unpaired) electrons. The summed E-state index contributed by atoms with van der Waals surface area (Å²) in [6, 6.07) is 8.62. The normalized spacial score (nSPS) is 18.9. The monoisotopic (exact) mass is 279 g/mol. The SMILES string of the molecule is Brc1ccc(C2CCn3nnnc3N2)cc1. The Morgan fingerprint density at radius 1 is 1.31 bits per heavy atom. The summed E-state index contributed by atoms with van der Waals surface area (Å²) in [6.45, 7) is 0.857. The Labute approximate surface area is 101 Å². The van der Waals surface area contributed by atoms with Crippen LogP contribution < -0.4 is 5.32 Å². The first kappa shape index (κ1) is 9.77. The molecule has 0 spiro atoms. The number of anilines is 1. The van der Waals surface area contributed by atoms with E-state index in [4.69, 9.17) is 0 Å². The second-order valence-corrected chi connectivity index (χ2v) is 4.68. The molecule has 5 nitrogen and oxygen atoms in total. The quantitative estimate of drug-likeness (QED) is 0.868. The third-order valence-corrected chi connectivity index (χ3v) is 3.27. The molecule has 1 aromatic heterocycles. The minimum absolute atomic E-state index is 0.298. The van der Waals surface area contributed by atoms with Gasteiger partial charge in [0.2, 0.25) is 5.95 Å². The van der Waals surface area contributed by atoms with Gasteiger partial charge >= 0.3 is 0 Å². The minimum atomic E-state index is 0.298. The first-order valence-corrected chi connectivity index (χ1v) is 5.90. The van der Waals surface area contributed by atoms with Crippen molar-refractivity contribution >= 4 is 21.9 Å². The smallest absolute Gasteiger partial charge is 0.243 e. The molecule has 1 atom stereocenters. The predicted octanol–water partition coefficient (Wildman–Crippen LogP) is 1.99. The van der Waals surface area contributed by atoms with E-state index in [9.17, 15) is 0 Å². The molecular formula is C10H10BrN5. The predicted molar refractivity (Wildman–Crippen MR) is 62.9 cm³/mol. The Balaban J connectivity index is 1.86. The largest absolute Gasteiger partial charge is 0.346 e. The van der Waals surface area contributed by atoms with Gasteiger partial charge in [0.15, 0.2) is 0 Å². The summed E-state index contributed by atoms with van der Waals surface area (Å²) in [6.07, 6.45) is 1.000. The first-order chi connectivity index (χ1) is 7.83. The number of benzene rings is 1. The Kier molecular flexibility index (Phi) is 2.36. The second-order valence-electron chi connectivity index (χ2n) is 3.76. The lowest BCUT2D eigenvalue weighted by Gasteiger charge is -2.23. The highest BCUT2D eigenvalue weighted by Crippen LogP contribution is 2.26. The zero-order valence-corrected chi connectivity index (χ0v) is 10.1. The average molecular weight is 280 g/mol. The van der Waals surface area contributed by atoms with Crippen molar-refractivity contribution in [2.24, 2.45) is 0 Å². The number of nitrogens with one attached hydrogen (secondary N) is 1. The number of aromatic nitrogens is 4. The lowest BCUT2D eigenvalue weighted by Crippen LogP contribution is -2.22. The number of nitrogens with zero attached hydrogens (tertiary/aromatic N) is 4. The molecular weight excluding hydrogens is 270 g/mol. The highest BCUT2D eigenvalue weighted by molar-refractivity contribution is 9.10. The fourth-order valence-corrected chi connectivity index (χ4v) is 2.15. The number of aryl methyl sites for hydroxylation is 1. The molecule has 1 aliphatic rings. The molecule has 3 rings (SSSR count). The highest BCUT2D eigenvalue weighted by Gasteiger charge is 2.20. The van der Waals surface area contributed by atoms with Crippen molar-refractivity contribution in [2.45, 2.75) is 19.0 Å². The van der Waals surface area contributed by atoms with Crippen molar-refractivity contribution in [3.63, 3.8) is 0 Å². The van der Waals surface area contributed by atoms with Crippen molar-refractivity contribution in [3.05, 3.63) is 34.3 Å². The van der Waals surface area contributed by atoms with Crippen LogP contribution in [0, 0.1) is 0 Å². The zero-order valence-electron chi connectivity index (χ0n) is 8.47. The van der Waals surface area contributed by atoms with E-state index >= 15 is 0 Å². The summed E-state index contributed by atoms with van der Waals surface area (Å²) in [7, 11) is 0. The van der Waals surface area contributed by atoms with Gasteiger partial charge < -0.3 is 5.32 Å². The Bertz CT molecular complexity index is 492. The van der Waals surface area contributed by atoms with Crippen molar-refractivity contribution in [1.29, 1.82) is 0 Å². The summed E-state index contributed by atoms with van der Waals surface area (Å²) in [5.74, 6) is 0.749. The van der Waals surface area contributed by atoms with Crippen LogP contribution in [-0.2, 0) is 6.54 Å². The topological polar surface area (TPSA) is 55.6 Å². The average Bonchev–Trinajstić information content (AvgIpc) is 2.77. The molecule has 0 amide bonds. The van der Waals surface area contributed by atoms with Crippen LogP contribution in [0.5, 0.6) is 0 Å². The van der Waals surface area contributed by atoms with E-state index in [1.807, 2.05) is 0 Å². The van der Waals surface area contributed by atoms with Crippen LogP contribution in [0.4, 0.5) is 5.95 Å². The molecule has 6 heteroatoms. The van der Waals surface area contributed by atoms with Crippen LogP contribution in [0.1, 0.15) is 18.0 Å². The van der Waals surface area contributed by atoms with Gasteiger partial charge in [0, 0.05) is 11.0 Å². The maximum atomic E-state index is 3.93. The van der Waals surface area contributed by atoms with Gasteiger partial charge in [-0.2, -0.15) is 0 Å². The van der Waals surface area contributed by atoms with Gasteiger partial charge in [-0.1, -0.05) is 33.2 Å². The number of rotatable bonds is 1. The first-order valence-electron chi connectivity index (χ1n) is 5.11. The lowest BCUT2D eigenvalue weighted by atomic mass is 10.0. The Morgan fingerprint density at radius 3 is 2.94 bits per heavy atom. The van der Waals surface area contributed by atoms with Gasteiger partial charge in [0.05, 0.1) is 6.04 Å². The molecule has 0 saturated carbocycles. The third-order valence-electron chi connectivity index (χ3n) is 2.74. The van der Waals surface area contributed by atoms with Gasteiger partial charge in [-0.15, -0.1) is 0 Å². The van der Waals surface area contributed by atoms with Crippen LogP contribution in [0.15, 0.2) is 28.7 Å². The van der Waals surface area contributed by atoms with Gasteiger partial charge in [-0.3, -0.25) is 0 Å². The summed E-state index contributed by atoms with van der Waals surface area (Å²) in [5, 5.41) is 14.8. The minimum Gasteiger partial charge on any atom is -0.346 e. The molecule has 1 aliphatic heterocycles. The third kappa shape index (κ3) is 1.69. The van der Waals surface area contributed by atoms with E-state index in [2.05, 4.69) is 61.0 Å². The van der Waals surface area contributed by atoms with E-state index in [1.54, 1.807) is 4.68 Å². The maximum absolute atomic E-state index is 3.93. The number of hydrogen-bond donors (Lipinski definition) is 1. The van der Waals surface area contributed by atoms with Crippen LogP contribution in [-0.4, -0.2) is 20.2 Å². The van der Waals surface area contributed by atoms with Crippen LogP contribution in [0.2, 0.25) is 0 Å². The van der Waals surface area contributed by atoms with Crippen LogP contribution >= 0.6 is 15.9 Å².